The number of carbonyl (C=O) groups is 3. The van der Waals surface area contributed by atoms with Crippen molar-refractivity contribution in [1.29, 1.82) is 0 Å². The summed E-state index contributed by atoms with van der Waals surface area (Å²) in [5.41, 5.74) is -0.427. The minimum absolute atomic E-state index is 0.0104. The molecule has 1 saturated heterocycles. The molecule has 0 bridgehead atoms. The molecule has 9 heteroatoms. The molecule has 1 N–H and O–H groups in total. The molecule has 1 fully saturated rings. The van der Waals surface area contributed by atoms with E-state index in [4.69, 9.17) is 11.6 Å². The molecule has 1 aliphatic rings. The van der Waals surface area contributed by atoms with Crippen molar-refractivity contribution in [1.82, 2.24) is 10.2 Å². The van der Waals surface area contributed by atoms with Gasteiger partial charge in [0.25, 0.3) is 11.6 Å². The Morgan fingerprint density at radius 2 is 2.14 bits per heavy atom. The number of nitro benzene ring substituents is 1. The maximum absolute atomic E-state index is 12.4. The first-order valence-corrected chi connectivity index (χ1v) is 6.27. The van der Waals surface area contributed by atoms with Crippen molar-refractivity contribution in [3.63, 3.8) is 0 Å². The minimum Gasteiger partial charge on any atom is -0.318 e. The van der Waals surface area contributed by atoms with Crippen LogP contribution in [-0.4, -0.2) is 40.1 Å². The number of benzene rings is 1. The van der Waals surface area contributed by atoms with Gasteiger partial charge in [0.15, 0.2) is 0 Å². The molecule has 0 radical (unpaired) electrons. The fourth-order valence-electron chi connectivity index (χ4n) is 1.91. The summed E-state index contributed by atoms with van der Waals surface area (Å²) < 4.78 is 0. The van der Waals surface area contributed by atoms with Crippen LogP contribution in [0.5, 0.6) is 0 Å². The van der Waals surface area contributed by atoms with Crippen LogP contribution in [0.15, 0.2) is 18.2 Å². The van der Waals surface area contributed by atoms with Gasteiger partial charge in [0.1, 0.15) is 12.6 Å². The predicted octanol–water partition coefficient (Wildman–Crippen LogP) is 0.735. The van der Waals surface area contributed by atoms with Crippen LogP contribution in [0.3, 0.4) is 0 Å². The van der Waals surface area contributed by atoms with E-state index in [9.17, 15) is 24.5 Å². The summed E-state index contributed by atoms with van der Waals surface area (Å²) >= 11 is 5.88. The van der Waals surface area contributed by atoms with Crippen molar-refractivity contribution in [3.05, 3.63) is 38.9 Å². The first-order chi connectivity index (χ1) is 9.81. The van der Waals surface area contributed by atoms with Crippen molar-refractivity contribution < 1.29 is 19.3 Å². The van der Waals surface area contributed by atoms with Crippen molar-refractivity contribution >= 4 is 35.0 Å². The number of hydrogen-bond donors (Lipinski definition) is 1. The first kappa shape index (κ1) is 14.9. The molecule has 1 aromatic carbocycles. The normalized spacial score (nSPS) is 18.4. The number of nitrogens with zero attached hydrogens (tertiary/aromatic N) is 2. The maximum atomic E-state index is 12.4. The molecule has 0 saturated carbocycles. The zero-order valence-corrected chi connectivity index (χ0v) is 11.6. The zero-order chi connectivity index (χ0) is 15.7. The number of amides is 3. The number of piperazine rings is 1. The lowest BCUT2D eigenvalue weighted by Gasteiger charge is -2.31. The Balaban J connectivity index is 2.39. The van der Waals surface area contributed by atoms with E-state index in [1.165, 1.54) is 13.0 Å². The first-order valence-electron chi connectivity index (χ1n) is 5.90. The molecular weight excluding hydrogens is 302 g/mol. The minimum atomic E-state index is -0.870. The average molecular weight is 312 g/mol. The van der Waals surface area contributed by atoms with E-state index in [2.05, 4.69) is 5.32 Å². The zero-order valence-electron chi connectivity index (χ0n) is 10.8. The molecule has 0 aliphatic carbocycles. The quantitative estimate of drug-likeness (QED) is 0.492. The molecule has 0 spiro atoms. The van der Waals surface area contributed by atoms with E-state index < -0.39 is 28.7 Å². The highest BCUT2D eigenvalue weighted by Gasteiger charge is 2.35. The molecule has 0 aromatic heterocycles. The number of nitrogens with one attached hydrogen (secondary N) is 1. The molecule has 21 heavy (non-hydrogen) atoms. The van der Waals surface area contributed by atoms with Crippen LogP contribution in [0.25, 0.3) is 0 Å². The van der Waals surface area contributed by atoms with Crippen LogP contribution in [0.2, 0.25) is 5.02 Å². The lowest BCUT2D eigenvalue weighted by atomic mass is 10.1. The van der Waals surface area contributed by atoms with Gasteiger partial charge in [0.05, 0.1) is 15.5 Å². The molecule has 3 amide bonds. The lowest BCUT2D eigenvalue weighted by Crippen LogP contribution is -2.58. The highest BCUT2D eigenvalue weighted by atomic mass is 35.5. The molecule has 1 aliphatic heterocycles. The van der Waals surface area contributed by atoms with Crippen molar-refractivity contribution in [3.8, 4) is 0 Å². The Morgan fingerprint density at radius 3 is 2.76 bits per heavy atom. The Hall–Kier alpha value is -2.48. The fourth-order valence-corrected chi connectivity index (χ4v) is 2.11. The van der Waals surface area contributed by atoms with Crippen molar-refractivity contribution in [2.24, 2.45) is 0 Å². The summed E-state index contributed by atoms with van der Waals surface area (Å²) in [6, 6.07) is 2.54. The van der Waals surface area contributed by atoms with Gasteiger partial charge in [-0.2, -0.15) is 0 Å². The van der Waals surface area contributed by atoms with Gasteiger partial charge < -0.3 is 4.90 Å². The van der Waals surface area contributed by atoms with Crippen LogP contribution < -0.4 is 5.32 Å². The molecule has 1 atom stereocenters. The summed E-state index contributed by atoms with van der Waals surface area (Å²) in [7, 11) is 0. The smallest absolute Gasteiger partial charge is 0.270 e. The second-order valence-corrected chi connectivity index (χ2v) is 4.85. The van der Waals surface area contributed by atoms with Gasteiger partial charge in [0, 0.05) is 12.1 Å². The Bertz CT molecular complexity index is 660. The molecule has 8 nitrogen and oxygen atoms in total. The Morgan fingerprint density at radius 1 is 1.48 bits per heavy atom. The standard InChI is InChI=1S/C12H10ClN3O5/c1-6-11(18)14-10(17)5-15(6)12(19)8-4-7(16(20)21)2-3-9(8)13/h2-4,6H,5H2,1H3,(H,14,17,18). The number of rotatable bonds is 2. The highest BCUT2D eigenvalue weighted by molar-refractivity contribution is 6.34. The van der Waals surface area contributed by atoms with Crippen LogP contribution in [-0.2, 0) is 9.59 Å². The second kappa shape index (κ2) is 5.49. The molecule has 1 unspecified atom stereocenters. The molecule has 1 aromatic rings. The van der Waals surface area contributed by atoms with Gasteiger partial charge >= 0.3 is 0 Å². The van der Waals surface area contributed by atoms with E-state index in [1.54, 1.807) is 0 Å². The summed E-state index contributed by atoms with van der Waals surface area (Å²) in [4.78, 5) is 46.4. The van der Waals surface area contributed by atoms with E-state index in [0.717, 1.165) is 17.0 Å². The largest absolute Gasteiger partial charge is 0.318 e. The third-order valence-electron chi connectivity index (χ3n) is 3.08. The predicted molar refractivity (Wildman–Crippen MR) is 71.8 cm³/mol. The number of imide groups is 1. The van der Waals surface area contributed by atoms with Gasteiger partial charge in [-0.25, -0.2) is 0 Å². The number of nitro groups is 1. The fraction of sp³-hybridized carbons (Fsp3) is 0.250. The van der Waals surface area contributed by atoms with Crippen LogP contribution in [0.1, 0.15) is 17.3 Å². The molecular formula is C12H10ClN3O5. The summed E-state index contributed by atoms with van der Waals surface area (Å²) in [6.07, 6.45) is 0. The number of non-ortho nitro benzene ring substituents is 1. The second-order valence-electron chi connectivity index (χ2n) is 4.44. The van der Waals surface area contributed by atoms with Crippen molar-refractivity contribution in [2.45, 2.75) is 13.0 Å². The average Bonchev–Trinajstić information content (AvgIpc) is 2.42. The molecule has 2 rings (SSSR count). The third kappa shape index (κ3) is 2.84. The highest BCUT2D eigenvalue weighted by Crippen LogP contribution is 2.24. The lowest BCUT2D eigenvalue weighted by molar-refractivity contribution is -0.384. The summed E-state index contributed by atoms with van der Waals surface area (Å²) in [6.45, 7) is 1.13. The number of halogens is 1. The summed E-state index contributed by atoms with van der Waals surface area (Å²) in [5.74, 6) is -1.94. The monoisotopic (exact) mass is 311 g/mol. The SMILES string of the molecule is CC1C(=O)NC(=O)CN1C(=O)c1cc([N+](=O)[O-])ccc1Cl. The van der Waals surface area contributed by atoms with Crippen molar-refractivity contribution in [2.75, 3.05) is 6.54 Å². The maximum Gasteiger partial charge on any atom is 0.270 e. The topological polar surface area (TPSA) is 110 Å². The van der Waals surface area contributed by atoms with E-state index >= 15 is 0 Å². The van der Waals surface area contributed by atoms with Crippen LogP contribution >= 0.6 is 11.6 Å². The van der Waals surface area contributed by atoms with Crippen LogP contribution in [0.4, 0.5) is 5.69 Å². The summed E-state index contributed by atoms with van der Waals surface area (Å²) in [5, 5.41) is 12.9. The van der Waals surface area contributed by atoms with Gasteiger partial charge in [0.2, 0.25) is 11.8 Å². The number of carbonyl (C=O) groups excluding carboxylic acids is 3. The van der Waals surface area contributed by atoms with Gasteiger partial charge in [-0.05, 0) is 13.0 Å². The van der Waals surface area contributed by atoms with Gasteiger partial charge in [-0.3, -0.25) is 29.8 Å². The van der Waals surface area contributed by atoms with Gasteiger partial charge in [-0.1, -0.05) is 11.6 Å². The van der Waals surface area contributed by atoms with Crippen LogP contribution in [0, 0.1) is 10.1 Å². The molecule has 110 valence electrons. The third-order valence-corrected chi connectivity index (χ3v) is 3.41. The van der Waals surface area contributed by atoms with E-state index in [0.29, 0.717) is 0 Å². The number of hydrogen-bond acceptors (Lipinski definition) is 5. The Kier molecular flexibility index (Phi) is 3.90. The van der Waals surface area contributed by atoms with E-state index in [1.807, 2.05) is 0 Å². The van der Waals surface area contributed by atoms with E-state index in [-0.39, 0.29) is 22.8 Å². The molecule has 1 heterocycles. The van der Waals surface area contributed by atoms with Gasteiger partial charge in [-0.15, -0.1) is 0 Å². The Labute approximate surface area is 123 Å².